The fourth-order valence-electron chi connectivity index (χ4n) is 4.13. The molecule has 0 unspecified atom stereocenters. The predicted octanol–water partition coefficient (Wildman–Crippen LogP) is 2.22. The zero-order valence-corrected chi connectivity index (χ0v) is 19.3. The molecule has 2 heterocycles. The normalized spacial score (nSPS) is 13.2. The summed E-state index contributed by atoms with van der Waals surface area (Å²) < 4.78 is 11.8. The van der Waals surface area contributed by atoms with Crippen LogP contribution in [0, 0.1) is 0 Å². The van der Waals surface area contributed by atoms with Crippen LogP contribution in [0.5, 0.6) is 11.5 Å². The fourth-order valence-corrected chi connectivity index (χ4v) is 4.13. The molecule has 34 heavy (non-hydrogen) atoms. The lowest BCUT2D eigenvalue weighted by atomic mass is 10.1. The summed E-state index contributed by atoms with van der Waals surface area (Å²) in [5.74, 6) is 0.0130. The number of carbonyl (C=O) groups is 2. The summed E-state index contributed by atoms with van der Waals surface area (Å²) in [5.41, 5.74) is 0.0594. The largest absolute Gasteiger partial charge is 0.493 e. The van der Waals surface area contributed by atoms with Crippen LogP contribution >= 0.6 is 0 Å². The van der Waals surface area contributed by atoms with Crippen molar-refractivity contribution in [2.45, 2.75) is 26.3 Å². The SMILES string of the molecule is CCn1c(=O)[nH]c2cc(C(=O)Nc3cc(OC)c(OC)cc3C(=O)N3CCCC3)ccc2c1=O. The molecular formula is C24H26N4O6. The van der Waals surface area contributed by atoms with Crippen LogP contribution in [-0.4, -0.2) is 53.6 Å². The molecule has 10 nitrogen and oxygen atoms in total. The van der Waals surface area contributed by atoms with Gasteiger partial charge in [-0.15, -0.1) is 0 Å². The third-order valence-corrected chi connectivity index (χ3v) is 5.96. The number of aromatic nitrogens is 2. The molecule has 0 spiro atoms. The Morgan fingerprint density at radius 1 is 1.03 bits per heavy atom. The van der Waals surface area contributed by atoms with Crippen LogP contribution in [-0.2, 0) is 6.54 Å². The van der Waals surface area contributed by atoms with E-state index in [1.54, 1.807) is 24.0 Å². The lowest BCUT2D eigenvalue weighted by molar-refractivity contribution is 0.0793. The van der Waals surface area contributed by atoms with E-state index in [1.807, 2.05) is 0 Å². The maximum atomic E-state index is 13.2. The Balaban J connectivity index is 1.73. The van der Waals surface area contributed by atoms with Gasteiger partial charge in [-0.2, -0.15) is 0 Å². The highest BCUT2D eigenvalue weighted by Crippen LogP contribution is 2.34. The first-order valence-electron chi connectivity index (χ1n) is 11.0. The summed E-state index contributed by atoms with van der Waals surface area (Å²) >= 11 is 0. The first-order chi connectivity index (χ1) is 16.4. The third kappa shape index (κ3) is 4.14. The second-order valence-corrected chi connectivity index (χ2v) is 7.95. The predicted molar refractivity (Wildman–Crippen MR) is 127 cm³/mol. The number of amides is 2. The van der Waals surface area contributed by atoms with Crippen molar-refractivity contribution in [3.05, 3.63) is 62.3 Å². The van der Waals surface area contributed by atoms with Gasteiger partial charge in [-0.25, -0.2) is 4.79 Å². The second kappa shape index (κ2) is 9.42. The number of nitrogens with one attached hydrogen (secondary N) is 2. The molecular weight excluding hydrogens is 440 g/mol. The molecule has 1 aliphatic rings. The monoisotopic (exact) mass is 466 g/mol. The molecule has 0 aliphatic carbocycles. The Labute approximate surface area is 195 Å². The number of likely N-dealkylation sites (tertiary alicyclic amines) is 1. The molecule has 2 amide bonds. The van der Waals surface area contributed by atoms with Crippen molar-refractivity contribution in [3.8, 4) is 11.5 Å². The highest BCUT2D eigenvalue weighted by Gasteiger charge is 2.25. The smallest absolute Gasteiger partial charge is 0.328 e. The number of H-pyrrole nitrogens is 1. The van der Waals surface area contributed by atoms with Crippen LogP contribution in [0.1, 0.15) is 40.5 Å². The van der Waals surface area contributed by atoms with Crippen LogP contribution < -0.4 is 26.0 Å². The average Bonchev–Trinajstić information content (AvgIpc) is 3.38. The second-order valence-electron chi connectivity index (χ2n) is 7.95. The molecule has 0 atom stereocenters. The number of hydrogen-bond acceptors (Lipinski definition) is 6. The van der Waals surface area contributed by atoms with E-state index in [2.05, 4.69) is 10.3 Å². The van der Waals surface area contributed by atoms with Gasteiger partial charge < -0.3 is 24.7 Å². The number of nitrogens with zero attached hydrogens (tertiary/aromatic N) is 2. The number of hydrogen-bond donors (Lipinski definition) is 2. The van der Waals surface area contributed by atoms with Gasteiger partial charge in [0.1, 0.15) is 0 Å². The van der Waals surface area contributed by atoms with Crippen LogP contribution in [0.4, 0.5) is 5.69 Å². The average molecular weight is 466 g/mol. The maximum absolute atomic E-state index is 13.2. The van der Waals surface area contributed by atoms with Gasteiger partial charge in [-0.1, -0.05) is 0 Å². The molecule has 2 N–H and O–H groups in total. The Bertz CT molecular complexity index is 1380. The van der Waals surface area contributed by atoms with E-state index in [-0.39, 0.29) is 34.8 Å². The van der Waals surface area contributed by atoms with E-state index in [9.17, 15) is 19.2 Å². The van der Waals surface area contributed by atoms with Crippen LogP contribution in [0.2, 0.25) is 0 Å². The zero-order valence-electron chi connectivity index (χ0n) is 19.3. The van der Waals surface area contributed by atoms with Gasteiger partial charge >= 0.3 is 5.69 Å². The quantitative estimate of drug-likeness (QED) is 0.574. The molecule has 0 bridgehead atoms. The Morgan fingerprint density at radius 2 is 1.71 bits per heavy atom. The minimum atomic E-state index is -0.545. The molecule has 3 aromatic rings. The molecule has 1 saturated heterocycles. The van der Waals surface area contributed by atoms with Crippen molar-refractivity contribution in [1.29, 1.82) is 0 Å². The third-order valence-electron chi connectivity index (χ3n) is 5.96. The lowest BCUT2D eigenvalue weighted by Crippen LogP contribution is -2.34. The van der Waals surface area contributed by atoms with E-state index in [0.717, 1.165) is 17.4 Å². The van der Waals surface area contributed by atoms with Crippen molar-refractivity contribution in [2.75, 3.05) is 32.6 Å². The van der Waals surface area contributed by atoms with Crippen LogP contribution in [0.25, 0.3) is 10.9 Å². The number of anilines is 1. The van der Waals surface area contributed by atoms with Crippen LogP contribution in [0.15, 0.2) is 39.9 Å². The molecule has 4 rings (SSSR count). The molecule has 0 radical (unpaired) electrons. The summed E-state index contributed by atoms with van der Waals surface area (Å²) in [5, 5.41) is 3.08. The highest BCUT2D eigenvalue weighted by atomic mass is 16.5. The summed E-state index contributed by atoms with van der Waals surface area (Å²) in [4.78, 5) is 55.3. The van der Waals surface area contributed by atoms with Gasteiger partial charge in [0.2, 0.25) is 0 Å². The number of ether oxygens (including phenoxy) is 2. The van der Waals surface area contributed by atoms with Crippen molar-refractivity contribution in [3.63, 3.8) is 0 Å². The maximum Gasteiger partial charge on any atom is 0.328 e. The zero-order chi connectivity index (χ0) is 24.4. The van der Waals surface area contributed by atoms with E-state index in [4.69, 9.17) is 9.47 Å². The minimum Gasteiger partial charge on any atom is -0.493 e. The molecule has 178 valence electrons. The minimum absolute atomic E-state index is 0.211. The number of carbonyl (C=O) groups excluding carboxylic acids is 2. The van der Waals surface area contributed by atoms with E-state index >= 15 is 0 Å². The van der Waals surface area contributed by atoms with E-state index < -0.39 is 17.2 Å². The molecule has 1 aliphatic heterocycles. The van der Waals surface area contributed by atoms with Crippen molar-refractivity contribution >= 4 is 28.4 Å². The van der Waals surface area contributed by atoms with Crippen molar-refractivity contribution < 1.29 is 19.1 Å². The number of rotatable bonds is 6. The molecule has 2 aromatic carbocycles. The Hall–Kier alpha value is -4.08. The number of fused-ring (bicyclic) bond motifs is 1. The molecule has 1 fully saturated rings. The van der Waals surface area contributed by atoms with Crippen molar-refractivity contribution in [2.24, 2.45) is 0 Å². The summed E-state index contributed by atoms with van der Waals surface area (Å²) in [6, 6.07) is 7.54. The summed E-state index contributed by atoms with van der Waals surface area (Å²) in [6.45, 7) is 3.23. The summed E-state index contributed by atoms with van der Waals surface area (Å²) in [6.07, 6.45) is 1.85. The van der Waals surface area contributed by atoms with Gasteiger partial charge in [0.05, 0.1) is 36.4 Å². The Morgan fingerprint density at radius 3 is 2.35 bits per heavy atom. The molecule has 10 heteroatoms. The van der Waals surface area contributed by atoms with Crippen molar-refractivity contribution in [1.82, 2.24) is 14.5 Å². The number of aromatic amines is 1. The van der Waals surface area contributed by atoms with Gasteiger partial charge in [0.25, 0.3) is 17.4 Å². The lowest BCUT2D eigenvalue weighted by Gasteiger charge is -2.20. The fraction of sp³-hybridized carbons (Fsp3) is 0.333. The first kappa shape index (κ1) is 23.1. The van der Waals surface area contributed by atoms with Gasteiger partial charge in [0.15, 0.2) is 11.5 Å². The van der Waals surface area contributed by atoms with E-state index in [0.29, 0.717) is 30.0 Å². The van der Waals surface area contributed by atoms with Gasteiger partial charge in [-0.3, -0.25) is 19.0 Å². The first-order valence-corrected chi connectivity index (χ1v) is 11.0. The standard InChI is InChI=1S/C24H26N4O6/c1-4-28-23(31)15-8-7-14(11-17(15)26-24(28)32)21(29)25-18-13-20(34-3)19(33-2)12-16(18)22(30)27-9-5-6-10-27/h7-8,11-13H,4-6,9-10H2,1-3H3,(H,25,29)(H,26,32). The number of methoxy groups -OCH3 is 2. The molecule has 0 saturated carbocycles. The van der Waals surface area contributed by atoms with Gasteiger partial charge in [-0.05, 0) is 44.0 Å². The Kier molecular flexibility index (Phi) is 6.40. The van der Waals surface area contributed by atoms with E-state index in [1.165, 1.54) is 32.4 Å². The number of benzene rings is 2. The topological polar surface area (TPSA) is 123 Å². The van der Waals surface area contributed by atoms with Crippen LogP contribution in [0.3, 0.4) is 0 Å². The summed E-state index contributed by atoms with van der Waals surface area (Å²) in [7, 11) is 2.94. The van der Waals surface area contributed by atoms with Gasteiger partial charge in [0, 0.05) is 31.3 Å². The molecule has 1 aromatic heterocycles. The highest BCUT2D eigenvalue weighted by molar-refractivity contribution is 6.10.